The van der Waals surface area contributed by atoms with E-state index in [9.17, 15) is 15.0 Å². The molecule has 1 heterocycles. The van der Waals surface area contributed by atoms with Crippen molar-refractivity contribution < 1.29 is 29.2 Å². The number of hydrogen-bond donors (Lipinski definition) is 2. The topological polar surface area (TPSA) is 85.2 Å². The normalized spacial score (nSPS) is 38.0. The zero-order chi connectivity index (χ0) is 10.7. The number of ether oxygens (including phenoxy) is 3. The first kappa shape index (κ1) is 11.4. The van der Waals surface area contributed by atoms with Gasteiger partial charge < -0.3 is 24.4 Å². The van der Waals surface area contributed by atoms with E-state index in [0.717, 1.165) is 0 Å². The summed E-state index contributed by atoms with van der Waals surface area (Å²) in [7, 11) is 1.37. The van der Waals surface area contributed by atoms with Gasteiger partial charge in [-0.15, -0.1) is 0 Å². The molecule has 4 atom stereocenters. The van der Waals surface area contributed by atoms with Crippen LogP contribution in [0.4, 0.5) is 0 Å². The Bertz CT molecular complexity index is 204. The molecular weight excluding hydrogens is 192 g/mol. The number of esters is 1. The van der Waals surface area contributed by atoms with Crippen LogP contribution in [0.15, 0.2) is 0 Å². The maximum atomic E-state index is 10.7. The maximum absolute atomic E-state index is 10.7. The smallest absolute Gasteiger partial charge is 0.303 e. The molecule has 6 heteroatoms. The molecule has 82 valence electrons. The van der Waals surface area contributed by atoms with E-state index in [1.807, 2.05) is 0 Å². The number of hydrogen-bond acceptors (Lipinski definition) is 6. The minimum atomic E-state index is -1.18. The second-order valence-corrected chi connectivity index (χ2v) is 3.07. The van der Waals surface area contributed by atoms with Gasteiger partial charge in [-0.25, -0.2) is 0 Å². The third-order valence-electron chi connectivity index (χ3n) is 1.96. The highest BCUT2D eigenvalue weighted by Gasteiger charge is 2.41. The summed E-state index contributed by atoms with van der Waals surface area (Å²) in [6.07, 6.45) is -4.07. The van der Waals surface area contributed by atoms with Crippen molar-refractivity contribution in [3.63, 3.8) is 0 Å². The van der Waals surface area contributed by atoms with Crippen LogP contribution < -0.4 is 0 Å². The molecule has 6 nitrogen and oxygen atoms in total. The van der Waals surface area contributed by atoms with Crippen molar-refractivity contribution in [2.24, 2.45) is 0 Å². The van der Waals surface area contributed by atoms with Crippen LogP contribution in [0, 0.1) is 0 Å². The predicted molar refractivity (Wildman–Crippen MR) is 44.3 cm³/mol. The van der Waals surface area contributed by atoms with E-state index in [2.05, 4.69) is 0 Å². The van der Waals surface area contributed by atoms with Crippen LogP contribution in [0.25, 0.3) is 0 Å². The highest BCUT2D eigenvalue weighted by Crippen LogP contribution is 2.19. The molecule has 14 heavy (non-hydrogen) atoms. The average Bonchev–Trinajstić information content (AvgIpc) is 2.13. The van der Waals surface area contributed by atoms with Gasteiger partial charge >= 0.3 is 5.97 Å². The zero-order valence-corrected chi connectivity index (χ0v) is 8.04. The van der Waals surface area contributed by atoms with Gasteiger partial charge in [-0.1, -0.05) is 0 Å². The highest BCUT2D eigenvalue weighted by molar-refractivity contribution is 5.66. The van der Waals surface area contributed by atoms with Gasteiger partial charge in [-0.05, 0) is 0 Å². The Labute approximate surface area is 81.4 Å². The highest BCUT2D eigenvalue weighted by atomic mass is 16.7. The number of carbonyl (C=O) groups is 1. The number of aliphatic hydroxyl groups is 2. The number of carbonyl (C=O) groups excluding carboxylic acids is 1. The Morgan fingerprint density at radius 3 is 2.64 bits per heavy atom. The lowest BCUT2D eigenvalue weighted by Gasteiger charge is -2.36. The van der Waals surface area contributed by atoms with E-state index in [1.54, 1.807) is 0 Å². The van der Waals surface area contributed by atoms with Crippen LogP contribution in [-0.2, 0) is 19.0 Å². The fraction of sp³-hybridized carbons (Fsp3) is 0.875. The molecule has 2 N–H and O–H groups in total. The first-order valence-electron chi connectivity index (χ1n) is 4.24. The Hall–Kier alpha value is -0.690. The molecule has 0 amide bonds. The predicted octanol–water partition coefficient (Wildman–Crippen LogP) is -1.36. The third-order valence-corrected chi connectivity index (χ3v) is 1.96. The molecule has 0 aromatic heterocycles. The Morgan fingerprint density at radius 2 is 2.14 bits per heavy atom. The van der Waals surface area contributed by atoms with Crippen LogP contribution >= 0.6 is 0 Å². The van der Waals surface area contributed by atoms with Gasteiger partial charge in [-0.3, -0.25) is 4.79 Å². The van der Waals surface area contributed by atoms with Crippen molar-refractivity contribution in [1.82, 2.24) is 0 Å². The van der Waals surface area contributed by atoms with Gasteiger partial charge in [0.2, 0.25) is 0 Å². The van der Waals surface area contributed by atoms with Crippen LogP contribution in [0.1, 0.15) is 6.92 Å². The molecule has 0 aromatic carbocycles. The van der Waals surface area contributed by atoms with Crippen molar-refractivity contribution in [3.05, 3.63) is 0 Å². The van der Waals surface area contributed by atoms with E-state index >= 15 is 0 Å². The Kier molecular flexibility index (Phi) is 3.82. The fourth-order valence-corrected chi connectivity index (χ4v) is 1.29. The average molecular weight is 206 g/mol. The van der Waals surface area contributed by atoms with E-state index < -0.39 is 30.6 Å². The van der Waals surface area contributed by atoms with Crippen molar-refractivity contribution in [3.8, 4) is 0 Å². The minimum absolute atomic E-state index is 0.0442. The van der Waals surface area contributed by atoms with E-state index in [4.69, 9.17) is 14.2 Å². The molecule has 0 saturated carbocycles. The second-order valence-electron chi connectivity index (χ2n) is 3.07. The minimum Gasteiger partial charge on any atom is -0.454 e. The molecule has 0 bridgehead atoms. The fourth-order valence-electron chi connectivity index (χ4n) is 1.29. The van der Waals surface area contributed by atoms with Gasteiger partial charge in [0.1, 0.15) is 12.2 Å². The lowest BCUT2D eigenvalue weighted by atomic mass is 10.1. The standard InChI is InChI=1S/C8H14O6/c1-4(9)14-7-6(11)5(10)3-13-8(7)12-2/h5-8,10-11H,3H2,1-2H3/t5-,6-,7+,8+/m0/s1. The van der Waals surface area contributed by atoms with E-state index in [1.165, 1.54) is 14.0 Å². The van der Waals surface area contributed by atoms with E-state index in [-0.39, 0.29) is 6.61 Å². The summed E-state index contributed by atoms with van der Waals surface area (Å²) in [4.78, 5) is 10.7. The van der Waals surface area contributed by atoms with Crippen molar-refractivity contribution in [2.45, 2.75) is 31.5 Å². The van der Waals surface area contributed by atoms with Crippen LogP contribution in [-0.4, -0.2) is 54.5 Å². The third kappa shape index (κ3) is 2.42. The summed E-state index contributed by atoms with van der Waals surface area (Å²) in [5.74, 6) is -0.561. The quantitative estimate of drug-likeness (QED) is 0.543. The Balaban J connectivity index is 2.66. The lowest BCUT2D eigenvalue weighted by molar-refractivity contribution is -0.267. The SMILES string of the molecule is CO[C@@H]1OC[C@H](O)[C@H](O)[C@H]1OC(C)=O. The molecule has 1 aliphatic heterocycles. The molecule has 1 fully saturated rings. The lowest BCUT2D eigenvalue weighted by Crippen LogP contribution is -2.55. The first-order chi connectivity index (χ1) is 6.56. The molecule has 0 aromatic rings. The summed E-state index contributed by atoms with van der Waals surface area (Å²) in [5, 5.41) is 18.8. The van der Waals surface area contributed by atoms with Crippen LogP contribution in [0.3, 0.4) is 0 Å². The molecule has 0 unspecified atom stereocenters. The molecule has 0 radical (unpaired) electrons. The molecule has 0 aliphatic carbocycles. The van der Waals surface area contributed by atoms with Gasteiger partial charge in [0, 0.05) is 14.0 Å². The van der Waals surface area contributed by atoms with Gasteiger partial charge in [-0.2, -0.15) is 0 Å². The Morgan fingerprint density at radius 1 is 1.50 bits per heavy atom. The summed E-state index contributed by atoms with van der Waals surface area (Å²) in [5.41, 5.74) is 0. The monoisotopic (exact) mass is 206 g/mol. The van der Waals surface area contributed by atoms with Crippen LogP contribution in [0.2, 0.25) is 0 Å². The molecule has 1 aliphatic rings. The molecule has 1 rings (SSSR count). The van der Waals surface area contributed by atoms with Crippen molar-refractivity contribution in [1.29, 1.82) is 0 Å². The summed E-state index contributed by atoms with van der Waals surface area (Å²) >= 11 is 0. The second kappa shape index (κ2) is 4.70. The van der Waals surface area contributed by atoms with Crippen molar-refractivity contribution >= 4 is 5.97 Å². The summed E-state index contributed by atoms with van der Waals surface area (Å²) in [6.45, 7) is 1.16. The van der Waals surface area contributed by atoms with Gasteiger partial charge in [0.25, 0.3) is 0 Å². The number of rotatable bonds is 2. The number of aliphatic hydroxyl groups excluding tert-OH is 2. The molecule has 0 spiro atoms. The number of methoxy groups -OCH3 is 1. The van der Waals surface area contributed by atoms with E-state index in [0.29, 0.717) is 0 Å². The van der Waals surface area contributed by atoms with Gasteiger partial charge in [0.05, 0.1) is 6.61 Å². The molecule has 1 saturated heterocycles. The molecular formula is C8H14O6. The zero-order valence-electron chi connectivity index (χ0n) is 8.04. The maximum Gasteiger partial charge on any atom is 0.303 e. The summed E-state index contributed by atoms with van der Waals surface area (Å²) < 4.78 is 14.6. The summed E-state index contributed by atoms with van der Waals surface area (Å²) in [6, 6.07) is 0. The largest absolute Gasteiger partial charge is 0.454 e. The van der Waals surface area contributed by atoms with Crippen molar-refractivity contribution in [2.75, 3.05) is 13.7 Å². The van der Waals surface area contributed by atoms with Crippen LogP contribution in [0.5, 0.6) is 0 Å². The van der Waals surface area contributed by atoms with Gasteiger partial charge in [0.15, 0.2) is 12.4 Å². The first-order valence-corrected chi connectivity index (χ1v) is 4.24.